The minimum absolute atomic E-state index is 0.226. The van der Waals surface area contributed by atoms with Gasteiger partial charge in [0.25, 0.3) is 0 Å². The van der Waals surface area contributed by atoms with Crippen LogP contribution in [0.15, 0.2) is 36.4 Å². The van der Waals surface area contributed by atoms with Gasteiger partial charge in [0.1, 0.15) is 0 Å². The van der Waals surface area contributed by atoms with E-state index in [1.807, 2.05) is 11.0 Å². The number of hydrogen-bond acceptors (Lipinski definition) is 5. The molecule has 1 N–H and O–H groups in total. The Kier molecular flexibility index (Phi) is 5.90. The van der Waals surface area contributed by atoms with Gasteiger partial charge in [0.05, 0.1) is 0 Å². The van der Waals surface area contributed by atoms with Gasteiger partial charge >= 0.3 is 0 Å². The lowest BCUT2D eigenvalue weighted by Gasteiger charge is -2.35. The Morgan fingerprint density at radius 2 is 1.76 bits per heavy atom. The predicted octanol–water partition coefficient (Wildman–Crippen LogP) is 3.18. The zero-order valence-corrected chi connectivity index (χ0v) is 17.2. The Balaban J connectivity index is 1.20. The molecule has 154 valence electrons. The molecule has 0 atom stereocenters. The van der Waals surface area contributed by atoms with Crippen LogP contribution in [0.25, 0.3) is 0 Å². The summed E-state index contributed by atoms with van der Waals surface area (Å²) in [5.74, 6) is 1.87. The minimum atomic E-state index is 0.226. The lowest BCUT2D eigenvalue weighted by molar-refractivity contribution is -0.132. The van der Waals surface area contributed by atoms with Gasteiger partial charge in [-0.25, -0.2) is 0 Å². The maximum atomic E-state index is 12.5. The summed E-state index contributed by atoms with van der Waals surface area (Å²) in [5.41, 5.74) is 4.84. The van der Waals surface area contributed by atoms with E-state index in [9.17, 15) is 4.79 Å². The van der Waals surface area contributed by atoms with E-state index in [1.165, 1.54) is 16.7 Å². The monoisotopic (exact) mass is 395 g/mol. The molecule has 0 saturated carbocycles. The average Bonchev–Trinajstić information content (AvgIpc) is 3.19. The highest BCUT2D eigenvalue weighted by molar-refractivity contribution is 5.76. The molecule has 0 aliphatic carbocycles. The fraction of sp³-hybridized carbons (Fsp3) is 0.435. The first-order chi connectivity index (χ1) is 14.1. The molecule has 2 aliphatic rings. The van der Waals surface area contributed by atoms with E-state index in [0.717, 1.165) is 49.9 Å². The Hall–Kier alpha value is -2.73. The summed E-state index contributed by atoms with van der Waals surface area (Å²) in [4.78, 5) is 16.9. The van der Waals surface area contributed by atoms with Crippen molar-refractivity contribution in [1.82, 2.24) is 9.80 Å². The summed E-state index contributed by atoms with van der Waals surface area (Å²) >= 11 is 0. The normalized spacial score (nSPS) is 16.1. The van der Waals surface area contributed by atoms with Crippen LogP contribution < -0.4 is 14.8 Å². The number of ether oxygens (including phenoxy) is 2. The standard InChI is InChI=1S/C23H29N3O3/c1-17-3-5-20(13-18(17)2)24-8-7-23(27)26-11-9-25(10-12-26)15-19-4-6-21-22(14-19)29-16-28-21/h3-6,13-14,24H,7-12,15-16H2,1-2H3. The molecule has 2 aromatic rings. The Bertz CT molecular complexity index is 876. The molecule has 0 aromatic heterocycles. The van der Waals surface area contributed by atoms with Crippen molar-refractivity contribution in [3.8, 4) is 11.5 Å². The molecule has 2 aromatic carbocycles. The van der Waals surface area contributed by atoms with Crippen LogP contribution in [0.1, 0.15) is 23.1 Å². The van der Waals surface area contributed by atoms with Crippen LogP contribution in [0.4, 0.5) is 5.69 Å². The van der Waals surface area contributed by atoms with Gasteiger partial charge in [-0.1, -0.05) is 12.1 Å². The van der Waals surface area contributed by atoms with Crippen molar-refractivity contribution in [2.24, 2.45) is 0 Å². The summed E-state index contributed by atoms with van der Waals surface area (Å²) < 4.78 is 10.8. The molecule has 29 heavy (non-hydrogen) atoms. The third-order valence-corrected chi connectivity index (χ3v) is 5.74. The van der Waals surface area contributed by atoms with Gasteiger partial charge in [0, 0.05) is 51.4 Å². The molecule has 1 saturated heterocycles. The molecule has 0 spiro atoms. The SMILES string of the molecule is Cc1ccc(NCCC(=O)N2CCN(Cc3ccc4c(c3)OCO4)CC2)cc1C. The van der Waals surface area contributed by atoms with E-state index in [4.69, 9.17) is 9.47 Å². The first-order valence-electron chi connectivity index (χ1n) is 10.3. The summed E-state index contributed by atoms with van der Waals surface area (Å²) in [6, 6.07) is 12.4. The van der Waals surface area contributed by atoms with Gasteiger partial charge in [0.2, 0.25) is 12.7 Å². The van der Waals surface area contributed by atoms with Crippen molar-refractivity contribution in [3.05, 3.63) is 53.1 Å². The third-order valence-electron chi connectivity index (χ3n) is 5.74. The van der Waals surface area contributed by atoms with Gasteiger partial charge in [-0.2, -0.15) is 0 Å². The number of anilines is 1. The summed E-state index contributed by atoms with van der Waals surface area (Å²) in [6.07, 6.45) is 0.523. The van der Waals surface area contributed by atoms with Crippen LogP contribution in [-0.4, -0.2) is 55.2 Å². The highest BCUT2D eigenvalue weighted by atomic mass is 16.7. The number of amides is 1. The summed E-state index contributed by atoms with van der Waals surface area (Å²) in [7, 11) is 0. The quantitative estimate of drug-likeness (QED) is 0.814. The molecule has 0 bridgehead atoms. The molecule has 2 aliphatic heterocycles. The van der Waals surface area contributed by atoms with E-state index in [0.29, 0.717) is 19.8 Å². The number of piperazine rings is 1. The summed E-state index contributed by atoms with van der Waals surface area (Å²) in [6.45, 7) is 9.41. The molecule has 0 radical (unpaired) electrons. The van der Waals surface area contributed by atoms with Gasteiger partial charge in [0.15, 0.2) is 11.5 Å². The molecule has 0 unspecified atom stereocenters. The molecule has 6 nitrogen and oxygen atoms in total. The van der Waals surface area contributed by atoms with Crippen molar-refractivity contribution >= 4 is 11.6 Å². The number of carbonyl (C=O) groups is 1. The topological polar surface area (TPSA) is 54.0 Å². The Morgan fingerprint density at radius 3 is 2.55 bits per heavy atom. The highest BCUT2D eigenvalue weighted by Crippen LogP contribution is 2.32. The Labute approximate surface area is 172 Å². The average molecular weight is 396 g/mol. The number of benzene rings is 2. The fourth-order valence-corrected chi connectivity index (χ4v) is 3.78. The van der Waals surface area contributed by atoms with Crippen molar-refractivity contribution in [2.45, 2.75) is 26.8 Å². The second kappa shape index (κ2) is 8.74. The number of aryl methyl sites for hydroxylation is 2. The van der Waals surface area contributed by atoms with Crippen LogP contribution in [-0.2, 0) is 11.3 Å². The van der Waals surface area contributed by atoms with Crippen LogP contribution in [0.5, 0.6) is 11.5 Å². The van der Waals surface area contributed by atoms with Crippen LogP contribution in [0.3, 0.4) is 0 Å². The number of rotatable bonds is 6. The number of nitrogens with zero attached hydrogens (tertiary/aromatic N) is 2. The minimum Gasteiger partial charge on any atom is -0.454 e. The first kappa shape index (κ1) is 19.6. The zero-order valence-electron chi connectivity index (χ0n) is 17.2. The molecule has 6 heteroatoms. The van der Waals surface area contributed by atoms with Crippen LogP contribution in [0.2, 0.25) is 0 Å². The van der Waals surface area contributed by atoms with E-state index < -0.39 is 0 Å². The second-order valence-corrected chi connectivity index (χ2v) is 7.82. The van der Waals surface area contributed by atoms with E-state index in [-0.39, 0.29) is 5.91 Å². The molecule has 2 heterocycles. The third kappa shape index (κ3) is 4.82. The van der Waals surface area contributed by atoms with E-state index in [1.54, 1.807) is 0 Å². The second-order valence-electron chi connectivity index (χ2n) is 7.82. The van der Waals surface area contributed by atoms with Gasteiger partial charge in [-0.05, 0) is 54.8 Å². The maximum Gasteiger partial charge on any atom is 0.231 e. The number of nitrogens with one attached hydrogen (secondary N) is 1. The van der Waals surface area contributed by atoms with Crippen molar-refractivity contribution in [1.29, 1.82) is 0 Å². The first-order valence-corrected chi connectivity index (χ1v) is 10.3. The van der Waals surface area contributed by atoms with Gasteiger partial charge in [-0.3, -0.25) is 9.69 Å². The smallest absolute Gasteiger partial charge is 0.231 e. The number of carbonyl (C=O) groups excluding carboxylic acids is 1. The largest absolute Gasteiger partial charge is 0.454 e. The van der Waals surface area contributed by atoms with Crippen molar-refractivity contribution in [3.63, 3.8) is 0 Å². The van der Waals surface area contributed by atoms with Crippen LogP contribution >= 0.6 is 0 Å². The Morgan fingerprint density at radius 1 is 0.966 bits per heavy atom. The highest BCUT2D eigenvalue weighted by Gasteiger charge is 2.21. The van der Waals surface area contributed by atoms with Crippen LogP contribution in [0, 0.1) is 13.8 Å². The maximum absolute atomic E-state index is 12.5. The molecule has 1 fully saturated rings. The van der Waals surface area contributed by atoms with Gasteiger partial charge in [-0.15, -0.1) is 0 Å². The number of hydrogen-bond donors (Lipinski definition) is 1. The van der Waals surface area contributed by atoms with Crippen molar-refractivity contribution in [2.75, 3.05) is 44.8 Å². The molecule has 4 rings (SSSR count). The van der Waals surface area contributed by atoms with Gasteiger partial charge < -0.3 is 19.7 Å². The zero-order chi connectivity index (χ0) is 20.2. The molecular weight excluding hydrogens is 366 g/mol. The van der Waals surface area contributed by atoms with E-state index in [2.05, 4.69) is 54.4 Å². The molecular formula is C23H29N3O3. The summed E-state index contributed by atoms with van der Waals surface area (Å²) in [5, 5.41) is 3.36. The lowest BCUT2D eigenvalue weighted by Crippen LogP contribution is -2.48. The fourth-order valence-electron chi connectivity index (χ4n) is 3.78. The molecule has 1 amide bonds. The predicted molar refractivity (Wildman–Crippen MR) is 113 cm³/mol. The van der Waals surface area contributed by atoms with E-state index >= 15 is 0 Å². The number of fused-ring (bicyclic) bond motifs is 1. The van der Waals surface area contributed by atoms with Crippen molar-refractivity contribution < 1.29 is 14.3 Å². The lowest BCUT2D eigenvalue weighted by atomic mass is 10.1.